The van der Waals surface area contributed by atoms with Gasteiger partial charge < -0.3 is 19.9 Å². The van der Waals surface area contributed by atoms with Gasteiger partial charge in [0.1, 0.15) is 17.7 Å². The Morgan fingerprint density at radius 1 is 0.583 bits per heavy atom. The fourth-order valence-electron chi connectivity index (χ4n) is 7.38. The van der Waals surface area contributed by atoms with Crippen LogP contribution in [0.2, 0.25) is 0 Å². The monoisotopic (exact) mass is 632 g/mol. The Hall–Kier alpha value is -5.53. The molecule has 1 aliphatic heterocycles. The van der Waals surface area contributed by atoms with E-state index in [4.69, 9.17) is 0 Å². The molecule has 5 heterocycles. The number of aromatic nitrogens is 4. The summed E-state index contributed by atoms with van der Waals surface area (Å²) in [6, 6.07) is 26.4. The average molecular weight is 633 g/mol. The third kappa shape index (κ3) is 4.34. The molecule has 7 heteroatoms. The summed E-state index contributed by atoms with van der Waals surface area (Å²) in [6.45, 7) is 17.6. The number of hydrogen-bond donors (Lipinski definition) is 4. The van der Waals surface area contributed by atoms with Crippen LogP contribution >= 0.6 is 0 Å². The number of hydrogen-bond acceptors (Lipinski definition) is 3. The number of ketones is 1. The van der Waals surface area contributed by atoms with Gasteiger partial charge in [0.05, 0.1) is 0 Å². The van der Waals surface area contributed by atoms with Crippen molar-refractivity contribution in [3.05, 3.63) is 140 Å². The van der Waals surface area contributed by atoms with Gasteiger partial charge in [0.2, 0.25) is 0 Å². The number of H-pyrrole nitrogens is 4. The van der Waals surface area contributed by atoms with Gasteiger partial charge in [-0.3, -0.25) is 4.79 Å². The zero-order chi connectivity index (χ0) is 34.4. The van der Waals surface area contributed by atoms with Crippen LogP contribution in [0.3, 0.4) is 0 Å². The van der Waals surface area contributed by atoms with E-state index < -0.39 is 10.8 Å². The van der Waals surface area contributed by atoms with Crippen molar-refractivity contribution in [2.75, 3.05) is 0 Å². The highest BCUT2D eigenvalue weighted by Crippen LogP contribution is 2.45. The molecule has 4 aromatic heterocycles. The summed E-state index contributed by atoms with van der Waals surface area (Å²) in [4.78, 5) is 29.1. The molecule has 0 fully saturated rings. The van der Waals surface area contributed by atoms with Crippen LogP contribution in [0.25, 0.3) is 11.6 Å². The molecule has 5 aromatic rings. The van der Waals surface area contributed by atoms with E-state index in [2.05, 4.69) is 118 Å². The highest BCUT2D eigenvalue weighted by atomic mass is 16.1. The molecule has 1 aromatic carbocycles. The lowest BCUT2D eigenvalue weighted by Gasteiger charge is -2.28. The first-order valence-corrected chi connectivity index (χ1v) is 16.4. The number of benzene rings is 1. The molecule has 8 bridgehead atoms. The summed E-state index contributed by atoms with van der Waals surface area (Å²) in [7, 11) is 0. The number of nitriles is 2. The number of carbonyl (C=O) groups is 1. The van der Waals surface area contributed by atoms with Crippen molar-refractivity contribution >= 4 is 17.4 Å². The van der Waals surface area contributed by atoms with E-state index in [1.54, 1.807) is 12.1 Å². The van der Waals surface area contributed by atoms with E-state index >= 15 is 0 Å². The van der Waals surface area contributed by atoms with Gasteiger partial charge in [-0.2, -0.15) is 10.5 Å². The fourth-order valence-corrected chi connectivity index (χ4v) is 7.38. The lowest BCUT2D eigenvalue weighted by atomic mass is 9.83. The summed E-state index contributed by atoms with van der Waals surface area (Å²) in [5.41, 5.74) is 9.32. The maximum atomic E-state index is 14.0. The Bertz CT molecular complexity index is 2270. The molecule has 0 amide bonds. The van der Waals surface area contributed by atoms with Crippen LogP contribution in [0.5, 0.6) is 0 Å². The highest BCUT2D eigenvalue weighted by Gasteiger charge is 2.39. The molecule has 0 spiro atoms. The topological polar surface area (TPSA) is 128 Å². The van der Waals surface area contributed by atoms with Crippen LogP contribution in [0.1, 0.15) is 122 Å². The van der Waals surface area contributed by atoms with Gasteiger partial charge in [0.25, 0.3) is 0 Å². The Kier molecular flexibility index (Phi) is 6.63. The van der Waals surface area contributed by atoms with Gasteiger partial charge in [-0.25, -0.2) is 0 Å². The Morgan fingerprint density at radius 2 is 1.00 bits per heavy atom. The minimum Gasteiger partial charge on any atom is -0.361 e. The smallest absolute Gasteiger partial charge is 0.194 e. The van der Waals surface area contributed by atoms with E-state index in [0.29, 0.717) is 22.3 Å². The fraction of sp³-hybridized carbons (Fsp3) is 0.293. The molecule has 0 saturated heterocycles. The van der Waals surface area contributed by atoms with Crippen molar-refractivity contribution in [2.45, 2.75) is 77.0 Å². The van der Waals surface area contributed by atoms with Crippen LogP contribution in [-0.2, 0) is 21.7 Å². The predicted molar refractivity (Wildman–Crippen MR) is 189 cm³/mol. The molecule has 0 radical (unpaired) electrons. The lowest BCUT2D eigenvalue weighted by molar-refractivity contribution is 0.104. The SMILES string of the molecule is CC1(C)c2ccc([nH]2)C(C)(C)c2ccc([nH]2)C(C)(C)c2[nH]c(cc2/C=C2\C(=O)c3ccccc3C2=C(C#N)C#N)C(C)(C)c2ccc1[nH]2. The number of nitrogens with zero attached hydrogens (tertiary/aromatic N) is 2. The second kappa shape index (κ2) is 10.2. The van der Waals surface area contributed by atoms with E-state index in [9.17, 15) is 15.3 Å². The van der Waals surface area contributed by atoms with Crippen molar-refractivity contribution in [1.82, 2.24) is 19.9 Å². The van der Waals surface area contributed by atoms with E-state index in [1.807, 2.05) is 30.3 Å². The Labute approximate surface area is 281 Å². The van der Waals surface area contributed by atoms with Crippen molar-refractivity contribution in [2.24, 2.45) is 0 Å². The van der Waals surface area contributed by atoms with Crippen LogP contribution in [0.15, 0.2) is 77.9 Å². The molecule has 1 aliphatic carbocycles. The first kappa shape index (κ1) is 31.1. The molecule has 7 rings (SSSR count). The van der Waals surface area contributed by atoms with Crippen molar-refractivity contribution < 1.29 is 4.79 Å². The molecule has 0 unspecified atom stereocenters. The molecule has 4 N–H and O–H groups in total. The minimum atomic E-state index is -0.554. The number of Topliss-reactive ketones (excluding diaryl/α,β-unsaturated/α-hetero) is 1. The molecule has 0 saturated carbocycles. The van der Waals surface area contributed by atoms with E-state index in [0.717, 1.165) is 51.1 Å². The number of fused-ring (bicyclic) bond motifs is 9. The quantitative estimate of drug-likeness (QED) is 0.109. The normalized spacial score (nSPS) is 19.1. The number of nitrogens with one attached hydrogen (secondary N) is 4. The number of aromatic amines is 4. The van der Waals surface area contributed by atoms with Gasteiger partial charge in [-0.1, -0.05) is 24.3 Å². The summed E-state index contributed by atoms with van der Waals surface area (Å²) in [6.07, 6.45) is 1.87. The lowest BCUT2D eigenvalue weighted by Crippen LogP contribution is -2.26. The van der Waals surface area contributed by atoms with Crippen molar-refractivity contribution in [1.29, 1.82) is 10.5 Å². The molecule has 2 aliphatic rings. The maximum absolute atomic E-state index is 14.0. The van der Waals surface area contributed by atoms with Crippen LogP contribution in [0, 0.1) is 22.7 Å². The third-order valence-electron chi connectivity index (χ3n) is 11.0. The maximum Gasteiger partial charge on any atom is 0.194 e. The van der Waals surface area contributed by atoms with Crippen molar-refractivity contribution in [3.8, 4) is 12.1 Å². The second-order valence-electron chi connectivity index (χ2n) is 15.3. The van der Waals surface area contributed by atoms with Crippen molar-refractivity contribution in [3.63, 3.8) is 0 Å². The molecule has 48 heavy (non-hydrogen) atoms. The molecule has 0 atom stereocenters. The van der Waals surface area contributed by atoms with Gasteiger partial charge in [-0.15, -0.1) is 0 Å². The zero-order valence-corrected chi connectivity index (χ0v) is 28.7. The summed E-state index contributed by atoms with van der Waals surface area (Å²) in [5.74, 6) is -0.196. The van der Waals surface area contributed by atoms with Gasteiger partial charge >= 0.3 is 0 Å². The largest absolute Gasteiger partial charge is 0.361 e. The zero-order valence-electron chi connectivity index (χ0n) is 28.7. The van der Waals surface area contributed by atoms with Gasteiger partial charge in [-0.05, 0) is 115 Å². The Balaban J connectivity index is 1.50. The van der Waals surface area contributed by atoms with Crippen LogP contribution < -0.4 is 0 Å². The predicted octanol–water partition coefficient (Wildman–Crippen LogP) is 8.70. The minimum absolute atomic E-state index is 0.0768. The molecule has 240 valence electrons. The van der Waals surface area contributed by atoms with E-state index in [-0.39, 0.29) is 22.2 Å². The highest BCUT2D eigenvalue weighted by molar-refractivity contribution is 6.29. The number of carbonyl (C=O) groups excluding carboxylic acids is 1. The summed E-state index contributed by atoms with van der Waals surface area (Å²) in [5, 5.41) is 19.9. The molecule has 7 nitrogen and oxygen atoms in total. The number of rotatable bonds is 1. The first-order valence-electron chi connectivity index (χ1n) is 16.4. The Morgan fingerprint density at radius 3 is 1.46 bits per heavy atom. The van der Waals surface area contributed by atoms with Gasteiger partial charge in [0, 0.05) is 83.9 Å². The van der Waals surface area contributed by atoms with E-state index in [1.165, 1.54) is 0 Å². The second-order valence-corrected chi connectivity index (χ2v) is 15.3. The standard InChI is InChI=1S/C41H40N6O/c1-38(2)28-13-14-29(44-28)39(3,4)31-17-18-33(46-31)41(7,8)37-23(20-34(47-37)40(5,6)32-16-15-30(38)45-32)19-27-35(24(21-42)22-43)25-11-9-10-12-26(25)36(27)48/h9-20,44-47H,1-8H3/b27-19-. The average Bonchev–Trinajstić information content (AvgIpc) is 3.88. The third-order valence-corrected chi connectivity index (χ3v) is 11.0. The molecular weight excluding hydrogens is 592 g/mol. The first-order chi connectivity index (χ1) is 22.6. The molecular formula is C41H40N6O. The van der Waals surface area contributed by atoms with Gasteiger partial charge in [0.15, 0.2) is 5.78 Å². The number of allylic oxidation sites excluding steroid dienone is 3. The summed E-state index contributed by atoms with van der Waals surface area (Å²) < 4.78 is 0. The van der Waals surface area contributed by atoms with Crippen LogP contribution in [-0.4, -0.2) is 25.7 Å². The summed E-state index contributed by atoms with van der Waals surface area (Å²) >= 11 is 0. The van der Waals surface area contributed by atoms with Crippen LogP contribution in [0.4, 0.5) is 0 Å².